The van der Waals surface area contributed by atoms with Gasteiger partial charge in [-0.2, -0.15) is 0 Å². The first-order valence-electron chi connectivity index (χ1n) is 18.2. The Morgan fingerprint density at radius 3 is 2.16 bits per heavy atom. The number of hydrogen-bond donors (Lipinski definition) is 0. The van der Waals surface area contributed by atoms with Crippen molar-refractivity contribution >= 4 is 22.6 Å². The van der Waals surface area contributed by atoms with E-state index in [9.17, 15) is 4.79 Å². The van der Waals surface area contributed by atoms with Crippen molar-refractivity contribution in [1.29, 1.82) is 0 Å². The van der Waals surface area contributed by atoms with Crippen LogP contribution in [0.3, 0.4) is 0 Å². The van der Waals surface area contributed by atoms with Crippen molar-refractivity contribution in [2.24, 2.45) is 22.9 Å². The van der Waals surface area contributed by atoms with Crippen LogP contribution in [0.25, 0.3) is 10.4 Å². The molecule has 0 aromatic heterocycles. The van der Waals surface area contributed by atoms with E-state index in [1.54, 1.807) is 20.3 Å². The highest BCUT2D eigenvalue weighted by Crippen LogP contribution is 2.42. The average molecular weight is 730 g/mol. The molecular weight excluding hydrogens is 663 g/mol. The van der Waals surface area contributed by atoms with Crippen LogP contribution < -0.4 is 9.47 Å². The molecular formula is C39H67N3O6Si2. The van der Waals surface area contributed by atoms with Gasteiger partial charge in [-0.15, -0.1) is 0 Å². The lowest BCUT2D eigenvalue weighted by molar-refractivity contribution is -0.0225. The minimum Gasteiger partial charge on any atom is -0.497 e. The van der Waals surface area contributed by atoms with Gasteiger partial charge in [-0.25, -0.2) is 4.79 Å². The summed E-state index contributed by atoms with van der Waals surface area (Å²) < 4.78 is 32.3. The van der Waals surface area contributed by atoms with Gasteiger partial charge in [0.2, 0.25) is 0 Å². The first-order chi connectivity index (χ1) is 23.1. The minimum atomic E-state index is -2.22. The third-order valence-corrected chi connectivity index (χ3v) is 20.2. The van der Waals surface area contributed by atoms with Crippen LogP contribution in [0.1, 0.15) is 97.5 Å². The topological polar surface area (TPSA) is 112 Å². The first kappa shape index (κ1) is 43.6. The van der Waals surface area contributed by atoms with E-state index in [2.05, 4.69) is 117 Å². The summed E-state index contributed by atoms with van der Waals surface area (Å²) in [6, 6.07) is 3.69. The summed E-state index contributed by atoms with van der Waals surface area (Å²) in [4.78, 5) is 17.3. The number of azide groups is 1. The number of methoxy groups -OCH3 is 2. The number of ether oxygens (including phenoxy) is 3. The number of carbonyl (C=O) groups is 1. The summed E-state index contributed by atoms with van der Waals surface area (Å²) >= 11 is 0. The SMILES string of the molecule is COc1cc2c(c(OC)c1)C(=O)O[C@H]([C@@H](C)[C@H](O[Si](C)(C)C(C)(C)C)[C@H](C)C/C=C\CN=[N+]=[N-])C/C=C\C[C@H](C)[C@H](O[Si](C)(C)C(C)(C)C)C2. The van der Waals surface area contributed by atoms with Crippen molar-refractivity contribution in [1.82, 2.24) is 0 Å². The van der Waals surface area contributed by atoms with E-state index < -0.39 is 28.7 Å². The van der Waals surface area contributed by atoms with Crippen LogP contribution in [0.4, 0.5) is 0 Å². The molecule has 1 aromatic rings. The smallest absolute Gasteiger partial charge is 0.342 e. The van der Waals surface area contributed by atoms with Gasteiger partial charge in [-0.3, -0.25) is 0 Å². The Bertz CT molecular complexity index is 1370. The molecule has 1 aromatic carbocycles. The Hall–Kier alpha value is -2.57. The molecule has 50 heavy (non-hydrogen) atoms. The van der Waals surface area contributed by atoms with Crippen LogP contribution in [-0.4, -0.2) is 61.7 Å². The lowest BCUT2D eigenvalue weighted by Gasteiger charge is -2.44. The maximum atomic E-state index is 14.5. The van der Waals surface area contributed by atoms with Crippen molar-refractivity contribution < 1.29 is 27.9 Å². The Morgan fingerprint density at radius 1 is 0.980 bits per heavy atom. The van der Waals surface area contributed by atoms with Gasteiger partial charge in [0.25, 0.3) is 0 Å². The number of allylic oxidation sites excluding steroid dienone is 2. The summed E-state index contributed by atoms with van der Waals surface area (Å²) in [5.74, 6) is 0.815. The lowest BCUT2D eigenvalue weighted by Crippen LogP contribution is -2.49. The Morgan fingerprint density at radius 2 is 1.60 bits per heavy atom. The summed E-state index contributed by atoms with van der Waals surface area (Å²) in [5, 5.41) is 3.66. The van der Waals surface area contributed by atoms with Crippen LogP contribution in [-0.2, 0) is 20.0 Å². The van der Waals surface area contributed by atoms with Crippen LogP contribution in [0.5, 0.6) is 11.5 Å². The number of nitrogens with zero attached hydrogens (tertiary/aromatic N) is 3. The van der Waals surface area contributed by atoms with Crippen molar-refractivity contribution in [2.75, 3.05) is 20.8 Å². The predicted molar refractivity (Wildman–Crippen MR) is 210 cm³/mol. The molecule has 0 fully saturated rings. The van der Waals surface area contributed by atoms with Crippen molar-refractivity contribution in [3.63, 3.8) is 0 Å². The minimum absolute atomic E-state index is 0.00432. The quantitative estimate of drug-likeness (QED) is 0.0499. The highest BCUT2D eigenvalue weighted by atomic mass is 28.4. The molecule has 1 heterocycles. The van der Waals surface area contributed by atoms with Crippen LogP contribution in [0.2, 0.25) is 36.3 Å². The summed E-state index contributed by atoms with van der Waals surface area (Å²) in [6.07, 6.45) is 10.2. The predicted octanol–water partition coefficient (Wildman–Crippen LogP) is 11.1. The molecule has 282 valence electrons. The van der Waals surface area contributed by atoms with Gasteiger partial charge in [0.15, 0.2) is 16.6 Å². The first-order valence-corrected chi connectivity index (χ1v) is 24.0. The number of benzene rings is 1. The zero-order chi connectivity index (χ0) is 38.1. The maximum Gasteiger partial charge on any atom is 0.342 e. The average Bonchev–Trinajstić information content (AvgIpc) is 3.01. The van der Waals surface area contributed by atoms with Gasteiger partial charge in [-0.1, -0.05) is 91.7 Å². The molecule has 9 nitrogen and oxygen atoms in total. The van der Waals surface area contributed by atoms with Crippen molar-refractivity contribution in [2.45, 2.75) is 143 Å². The van der Waals surface area contributed by atoms with E-state index in [1.165, 1.54) is 0 Å². The Kier molecular flexibility index (Phi) is 15.9. The van der Waals surface area contributed by atoms with E-state index in [0.717, 1.165) is 18.4 Å². The standard InChI is InChI=1S/C39H67N3O6Si2/c1-27-20-16-17-22-32(29(3)36(48-50(14,15)39(7,8)9)28(2)21-18-19-23-41-42-40)46-37(43)35-30(24-31(44-10)26-34(35)45-11)25-33(27)47-49(12,13)38(4,5)6/h16-19,24,26-29,32-33,36H,20-23,25H2,1-15H3/b17-16-,19-18-/t27-,28+,29+,32-,33+,36+/m0/s1. The molecule has 1 aliphatic rings. The van der Waals surface area contributed by atoms with Gasteiger partial charge >= 0.3 is 5.97 Å². The zero-order valence-corrected chi connectivity index (χ0v) is 35.8. The number of esters is 1. The van der Waals surface area contributed by atoms with Crippen LogP contribution in [0.15, 0.2) is 41.6 Å². The largest absolute Gasteiger partial charge is 0.497 e. The zero-order valence-electron chi connectivity index (χ0n) is 33.8. The number of rotatable bonds is 13. The number of hydrogen-bond acceptors (Lipinski definition) is 7. The fourth-order valence-electron chi connectivity index (χ4n) is 5.78. The Labute approximate surface area is 305 Å². The molecule has 2 rings (SSSR count). The third kappa shape index (κ3) is 11.7. The molecule has 0 radical (unpaired) electrons. The molecule has 0 amide bonds. The van der Waals surface area contributed by atoms with E-state index in [-0.39, 0.29) is 40.0 Å². The molecule has 0 bridgehead atoms. The van der Waals surface area contributed by atoms with E-state index in [0.29, 0.717) is 36.4 Å². The molecule has 0 spiro atoms. The van der Waals surface area contributed by atoms with Gasteiger partial charge in [-0.05, 0) is 84.5 Å². The van der Waals surface area contributed by atoms with Gasteiger partial charge in [0.1, 0.15) is 23.2 Å². The normalized spacial score (nSPS) is 22.2. The summed E-state index contributed by atoms with van der Waals surface area (Å²) in [7, 11) is -1.16. The second-order valence-corrected chi connectivity index (χ2v) is 26.7. The second-order valence-electron chi connectivity index (χ2n) is 17.1. The highest BCUT2D eigenvalue weighted by molar-refractivity contribution is 6.74. The molecule has 0 aliphatic carbocycles. The number of fused-ring (bicyclic) bond motifs is 1. The maximum absolute atomic E-state index is 14.5. The van der Waals surface area contributed by atoms with Gasteiger partial charge < -0.3 is 23.1 Å². The van der Waals surface area contributed by atoms with E-state index in [1.807, 2.05) is 12.1 Å². The van der Waals surface area contributed by atoms with E-state index >= 15 is 0 Å². The molecule has 0 saturated heterocycles. The lowest BCUT2D eigenvalue weighted by atomic mass is 9.85. The van der Waals surface area contributed by atoms with Crippen molar-refractivity contribution in [3.05, 3.63) is 58.0 Å². The summed E-state index contributed by atoms with van der Waals surface area (Å²) in [5.41, 5.74) is 9.90. The number of cyclic esters (lactones) is 1. The molecule has 11 heteroatoms. The fourth-order valence-corrected chi connectivity index (χ4v) is 8.69. The molecule has 0 N–H and O–H groups in total. The third-order valence-electron chi connectivity index (χ3n) is 11.3. The molecule has 0 saturated carbocycles. The van der Waals surface area contributed by atoms with E-state index in [4.69, 9.17) is 28.6 Å². The van der Waals surface area contributed by atoms with Gasteiger partial charge in [0, 0.05) is 29.9 Å². The monoisotopic (exact) mass is 729 g/mol. The fraction of sp³-hybridized carbons (Fsp3) is 0.718. The molecule has 1 aliphatic heterocycles. The Balaban J connectivity index is 2.67. The van der Waals surface area contributed by atoms with Crippen LogP contribution in [0, 0.1) is 17.8 Å². The molecule has 0 unspecified atom stereocenters. The second kappa shape index (κ2) is 18.3. The van der Waals surface area contributed by atoms with Crippen molar-refractivity contribution in [3.8, 4) is 11.5 Å². The highest BCUT2D eigenvalue weighted by Gasteiger charge is 2.44. The molecule has 6 atom stereocenters. The summed E-state index contributed by atoms with van der Waals surface area (Å²) in [6.45, 7) is 29.4. The van der Waals surface area contributed by atoms with Crippen LogP contribution >= 0.6 is 0 Å². The number of carbonyl (C=O) groups excluding carboxylic acids is 1. The van der Waals surface area contributed by atoms with Gasteiger partial charge in [0.05, 0.1) is 26.4 Å².